The number of benzene rings is 2. The quantitative estimate of drug-likeness (QED) is 0.913. The molecule has 5 heteroatoms. The van der Waals surface area contributed by atoms with Crippen LogP contribution in [0, 0.1) is 17.5 Å². The summed E-state index contributed by atoms with van der Waals surface area (Å²) in [7, 11) is 0. The van der Waals surface area contributed by atoms with E-state index in [9.17, 15) is 13.2 Å². The molecule has 0 saturated carbocycles. The lowest BCUT2D eigenvalue weighted by Gasteiger charge is -2.09. The van der Waals surface area contributed by atoms with Crippen molar-refractivity contribution in [2.45, 2.75) is 13.0 Å². The molecule has 2 rings (SSSR count). The standard InChI is InChI=1S/C15H14F3NO/c16-12-4-11(5-13(17)7-12)9-20-15-6-10(1-2-19)3-14(18)8-15/h3-8H,1-2,9,19H2. The maximum atomic E-state index is 13.4. The summed E-state index contributed by atoms with van der Waals surface area (Å²) in [5.74, 6) is -1.48. The topological polar surface area (TPSA) is 35.2 Å². The van der Waals surface area contributed by atoms with Crippen LogP contribution in [0.5, 0.6) is 5.75 Å². The minimum absolute atomic E-state index is 0.0415. The molecular formula is C15H14F3NO. The first kappa shape index (κ1) is 14.4. The van der Waals surface area contributed by atoms with Gasteiger partial charge in [-0.25, -0.2) is 13.2 Å². The molecule has 20 heavy (non-hydrogen) atoms. The molecule has 0 heterocycles. The number of nitrogens with two attached hydrogens (primary N) is 1. The molecule has 0 amide bonds. The Labute approximate surface area is 115 Å². The smallest absolute Gasteiger partial charge is 0.127 e. The zero-order chi connectivity index (χ0) is 14.5. The molecule has 0 aromatic heterocycles. The second-order valence-electron chi connectivity index (χ2n) is 4.40. The fraction of sp³-hybridized carbons (Fsp3) is 0.200. The SMILES string of the molecule is NCCc1cc(F)cc(OCc2cc(F)cc(F)c2)c1. The Bertz CT molecular complexity index is 581. The van der Waals surface area contributed by atoms with Crippen LogP contribution in [0.2, 0.25) is 0 Å². The number of hydrogen-bond donors (Lipinski definition) is 1. The molecule has 0 spiro atoms. The van der Waals surface area contributed by atoms with Crippen molar-refractivity contribution in [2.24, 2.45) is 5.73 Å². The fourth-order valence-electron chi connectivity index (χ4n) is 1.88. The summed E-state index contributed by atoms with van der Waals surface area (Å²) in [6.07, 6.45) is 0.530. The van der Waals surface area contributed by atoms with Crippen LogP contribution >= 0.6 is 0 Å². The van der Waals surface area contributed by atoms with Gasteiger partial charge in [0.2, 0.25) is 0 Å². The lowest BCUT2D eigenvalue weighted by atomic mass is 10.1. The molecule has 0 bridgehead atoms. The third kappa shape index (κ3) is 3.99. The monoisotopic (exact) mass is 281 g/mol. The summed E-state index contributed by atoms with van der Waals surface area (Å²) >= 11 is 0. The first-order chi connectivity index (χ1) is 9.56. The van der Waals surface area contributed by atoms with E-state index < -0.39 is 17.5 Å². The van der Waals surface area contributed by atoms with Crippen molar-refractivity contribution in [3.05, 3.63) is 65.0 Å². The lowest BCUT2D eigenvalue weighted by Crippen LogP contribution is -2.04. The van der Waals surface area contributed by atoms with Gasteiger partial charge in [-0.1, -0.05) is 0 Å². The number of hydrogen-bond acceptors (Lipinski definition) is 2. The Morgan fingerprint density at radius 1 is 0.800 bits per heavy atom. The maximum absolute atomic E-state index is 13.4. The highest BCUT2D eigenvalue weighted by molar-refractivity contribution is 5.30. The van der Waals surface area contributed by atoms with E-state index in [0.29, 0.717) is 29.8 Å². The molecule has 0 radical (unpaired) electrons. The molecule has 0 aliphatic rings. The van der Waals surface area contributed by atoms with Gasteiger partial charge in [-0.15, -0.1) is 0 Å². The second kappa shape index (κ2) is 6.43. The average molecular weight is 281 g/mol. The van der Waals surface area contributed by atoms with Gasteiger partial charge in [0.15, 0.2) is 0 Å². The molecule has 0 atom stereocenters. The van der Waals surface area contributed by atoms with E-state index in [1.165, 1.54) is 24.3 Å². The Morgan fingerprint density at radius 2 is 1.40 bits per heavy atom. The normalized spacial score (nSPS) is 10.6. The summed E-state index contributed by atoms with van der Waals surface area (Å²) in [5.41, 5.74) is 6.47. The molecule has 0 saturated heterocycles. The molecule has 0 fully saturated rings. The number of rotatable bonds is 5. The van der Waals surface area contributed by atoms with Gasteiger partial charge in [-0.05, 0) is 48.4 Å². The maximum Gasteiger partial charge on any atom is 0.127 e. The van der Waals surface area contributed by atoms with Crippen LogP contribution in [-0.4, -0.2) is 6.54 Å². The van der Waals surface area contributed by atoms with Gasteiger partial charge in [0.05, 0.1) is 0 Å². The van der Waals surface area contributed by atoms with Crippen LogP contribution in [-0.2, 0) is 13.0 Å². The zero-order valence-electron chi connectivity index (χ0n) is 10.7. The summed E-state index contributed by atoms with van der Waals surface area (Å²) in [4.78, 5) is 0. The largest absolute Gasteiger partial charge is 0.489 e. The highest BCUT2D eigenvalue weighted by Gasteiger charge is 2.04. The van der Waals surface area contributed by atoms with Crippen molar-refractivity contribution < 1.29 is 17.9 Å². The van der Waals surface area contributed by atoms with E-state index in [1.54, 1.807) is 6.07 Å². The van der Waals surface area contributed by atoms with E-state index in [2.05, 4.69) is 0 Å². The van der Waals surface area contributed by atoms with Crippen molar-refractivity contribution in [1.29, 1.82) is 0 Å². The minimum atomic E-state index is -0.674. The fourth-order valence-corrected chi connectivity index (χ4v) is 1.88. The molecule has 0 unspecified atom stereocenters. The van der Waals surface area contributed by atoms with Crippen molar-refractivity contribution >= 4 is 0 Å². The van der Waals surface area contributed by atoms with Crippen LogP contribution in [0.1, 0.15) is 11.1 Å². The van der Waals surface area contributed by atoms with Gasteiger partial charge in [0, 0.05) is 12.1 Å². The summed E-state index contributed by atoms with van der Waals surface area (Å²) in [6, 6.07) is 7.38. The second-order valence-corrected chi connectivity index (χ2v) is 4.40. The van der Waals surface area contributed by atoms with Gasteiger partial charge < -0.3 is 10.5 Å². The Kier molecular flexibility index (Phi) is 4.63. The molecule has 0 aliphatic carbocycles. The van der Waals surface area contributed by atoms with E-state index in [-0.39, 0.29) is 6.61 Å². The summed E-state index contributed by atoms with van der Waals surface area (Å²) < 4.78 is 44.7. The molecule has 0 aliphatic heterocycles. The Hall–Kier alpha value is -2.01. The Balaban J connectivity index is 2.10. The van der Waals surface area contributed by atoms with Crippen LogP contribution in [0.3, 0.4) is 0 Å². The molecule has 2 N–H and O–H groups in total. The van der Waals surface area contributed by atoms with Gasteiger partial charge in [-0.3, -0.25) is 0 Å². The first-order valence-corrected chi connectivity index (χ1v) is 6.14. The molecule has 106 valence electrons. The zero-order valence-corrected chi connectivity index (χ0v) is 10.7. The minimum Gasteiger partial charge on any atom is -0.489 e. The van der Waals surface area contributed by atoms with Crippen LogP contribution in [0.25, 0.3) is 0 Å². The predicted molar refractivity (Wildman–Crippen MR) is 69.8 cm³/mol. The third-order valence-electron chi connectivity index (χ3n) is 2.69. The summed E-state index contributed by atoms with van der Waals surface area (Å²) in [6.45, 7) is 0.359. The highest BCUT2D eigenvalue weighted by Crippen LogP contribution is 2.19. The number of ether oxygens (including phenoxy) is 1. The molecule has 2 aromatic carbocycles. The van der Waals surface area contributed by atoms with Crippen LogP contribution in [0.15, 0.2) is 36.4 Å². The van der Waals surface area contributed by atoms with E-state index in [1.807, 2.05) is 0 Å². The predicted octanol–water partition coefficient (Wildman–Crippen LogP) is 3.18. The van der Waals surface area contributed by atoms with Gasteiger partial charge >= 0.3 is 0 Å². The number of halogens is 3. The first-order valence-electron chi connectivity index (χ1n) is 6.14. The summed E-state index contributed by atoms with van der Waals surface area (Å²) in [5, 5.41) is 0. The van der Waals surface area contributed by atoms with Gasteiger partial charge in [0.25, 0.3) is 0 Å². The molecular weight excluding hydrogens is 267 g/mol. The van der Waals surface area contributed by atoms with E-state index in [0.717, 1.165) is 6.07 Å². The third-order valence-corrected chi connectivity index (χ3v) is 2.69. The lowest BCUT2D eigenvalue weighted by molar-refractivity contribution is 0.303. The average Bonchev–Trinajstić information content (AvgIpc) is 2.35. The Morgan fingerprint density at radius 3 is 2.05 bits per heavy atom. The van der Waals surface area contributed by atoms with Crippen molar-refractivity contribution in [2.75, 3.05) is 6.54 Å². The van der Waals surface area contributed by atoms with Gasteiger partial charge in [-0.2, -0.15) is 0 Å². The highest BCUT2D eigenvalue weighted by atomic mass is 19.1. The van der Waals surface area contributed by atoms with Crippen LogP contribution < -0.4 is 10.5 Å². The van der Waals surface area contributed by atoms with Crippen molar-refractivity contribution in [3.8, 4) is 5.75 Å². The van der Waals surface area contributed by atoms with Gasteiger partial charge in [0.1, 0.15) is 29.8 Å². The molecule has 2 nitrogen and oxygen atoms in total. The van der Waals surface area contributed by atoms with E-state index in [4.69, 9.17) is 10.5 Å². The van der Waals surface area contributed by atoms with Crippen molar-refractivity contribution in [1.82, 2.24) is 0 Å². The van der Waals surface area contributed by atoms with E-state index >= 15 is 0 Å². The van der Waals surface area contributed by atoms with Crippen LogP contribution in [0.4, 0.5) is 13.2 Å². The molecule has 2 aromatic rings. The van der Waals surface area contributed by atoms with Crippen molar-refractivity contribution in [3.63, 3.8) is 0 Å².